The molecule has 0 spiro atoms. The van der Waals surface area contributed by atoms with E-state index in [9.17, 15) is 0 Å². The van der Waals surface area contributed by atoms with Crippen molar-refractivity contribution < 1.29 is 0 Å². The van der Waals surface area contributed by atoms with Crippen molar-refractivity contribution in [1.82, 2.24) is 5.32 Å². The molecule has 2 heteroatoms. The summed E-state index contributed by atoms with van der Waals surface area (Å²) in [5.74, 6) is 2.62. The SMILES string of the molecule is CC[C@@H]1CSCCN1. The summed E-state index contributed by atoms with van der Waals surface area (Å²) in [5.41, 5.74) is 0. The van der Waals surface area contributed by atoms with Crippen LogP contribution < -0.4 is 5.32 Å². The minimum Gasteiger partial charge on any atom is -0.312 e. The molecule has 1 atom stereocenters. The summed E-state index contributed by atoms with van der Waals surface area (Å²) >= 11 is 2.07. The number of nitrogens with one attached hydrogen (secondary N) is 1. The largest absolute Gasteiger partial charge is 0.312 e. The van der Waals surface area contributed by atoms with Crippen LogP contribution >= 0.6 is 11.8 Å². The molecule has 1 nitrogen and oxygen atoms in total. The van der Waals surface area contributed by atoms with Crippen LogP contribution in [0, 0.1) is 0 Å². The van der Waals surface area contributed by atoms with E-state index < -0.39 is 0 Å². The highest BCUT2D eigenvalue weighted by molar-refractivity contribution is 7.99. The molecule has 0 amide bonds. The van der Waals surface area contributed by atoms with Gasteiger partial charge in [-0.25, -0.2) is 0 Å². The van der Waals surface area contributed by atoms with Gasteiger partial charge in [-0.1, -0.05) is 6.92 Å². The maximum atomic E-state index is 3.45. The summed E-state index contributed by atoms with van der Waals surface area (Å²) in [6, 6.07) is 0.800. The Morgan fingerprint density at radius 3 is 3.00 bits per heavy atom. The molecule has 8 heavy (non-hydrogen) atoms. The van der Waals surface area contributed by atoms with Crippen LogP contribution in [0.15, 0.2) is 0 Å². The first-order chi connectivity index (χ1) is 3.93. The average molecular weight is 131 g/mol. The first kappa shape index (κ1) is 6.43. The molecule has 1 heterocycles. The fraction of sp³-hybridized carbons (Fsp3) is 1.00. The zero-order chi connectivity index (χ0) is 5.82. The van der Waals surface area contributed by atoms with E-state index in [1.807, 2.05) is 0 Å². The van der Waals surface area contributed by atoms with Crippen LogP contribution in [0.5, 0.6) is 0 Å². The molecule has 0 aliphatic carbocycles. The third-order valence-corrected chi connectivity index (χ3v) is 2.62. The molecule has 0 aromatic carbocycles. The normalized spacial score (nSPS) is 30.4. The number of hydrogen-bond acceptors (Lipinski definition) is 2. The number of thioether (sulfide) groups is 1. The van der Waals surface area contributed by atoms with Gasteiger partial charge in [0.05, 0.1) is 0 Å². The van der Waals surface area contributed by atoms with Crippen LogP contribution in [0.4, 0.5) is 0 Å². The minimum atomic E-state index is 0.800. The van der Waals surface area contributed by atoms with Crippen molar-refractivity contribution in [3.63, 3.8) is 0 Å². The molecule has 0 bridgehead atoms. The van der Waals surface area contributed by atoms with Gasteiger partial charge in [0.1, 0.15) is 0 Å². The summed E-state index contributed by atoms with van der Waals surface area (Å²) < 4.78 is 0. The molecule has 0 aromatic rings. The van der Waals surface area contributed by atoms with Crippen molar-refractivity contribution in [3.05, 3.63) is 0 Å². The second-order valence-electron chi connectivity index (χ2n) is 2.13. The second kappa shape index (κ2) is 3.36. The van der Waals surface area contributed by atoms with E-state index in [2.05, 4.69) is 24.0 Å². The summed E-state index contributed by atoms with van der Waals surface area (Å²) in [6.07, 6.45) is 1.28. The lowest BCUT2D eigenvalue weighted by Crippen LogP contribution is -2.36. The first-order valence-electron chi connectivity index (χ1n) is 3.24. The van der Waals surface area contributed by atoms with Crippen LogP contribution in [0.25, 0.3) is 0 Å². The van der Waals surface area contributed by atoms with Crippen LogP contribution in [0.1, 0.15) is 13.3 Å². The van der Waals surface area contributed by atoms with E-state index in [4.69, 9.17) is 0 Å². The van der Waals surface area contributed by atoms with Crippen molar-refractivity contribution in [2.24, 2.45) is 0 Å². The van der Waals surface area contributed by atoms with Gasteiger partial charge >= 0.3 is 0 Å². The Labute approximate surface area is 55.2 Å². The molecule has 1 aliphatic heterocycles. The van der Waals surface area contributed by atoms with Crippen LogP contribution in [0.2, 0.25) is 0 Å². The summed E-state index contributed by atoms with van der Waals surface area (Å²) in [5, 5.41) is 3.45. The minimum absolute atomic E-state index is 0.800. The molecule has 1 N–H and O–H groups in total. The van der Waals surface area contributed by atoms with E-state index >= 15 is 0 Å². The highest BCUT2D eigenvalue weighted by Gasteiger charge is 2.08. The van der Waals surface area contributed by atoms with Crippen molar-refractivity contribution >= 4 is 11.8 Å². The van der Waals surface area contributed by atoms with Gasteiger partial charge in [0, 0.05) is 24.1 Å². The number of rotatable bonds is 1. The molecule has 1 rings (SSSR count). The van der Waals surface area contributed by atoms with Crippen LogP contribution in [0.3, 0.4) is 0 Å². The van der Waals surface area contributed by atoms with Crippen LogP contribution in [-0.2, 0) is 0 Å². The monoisotopic (exact) mass is 131 g/mol. The Bertz CT molecular complexity index is 59.5. The van der Waals surface area contributed by atoms with E-state index in [1.165, 1.54) is 24.5 Å². The van der Waals surface area contributed by atoms with Crippen molar-refractivity contribution in [3.8, 4) is 0 Å². The molecule has 0 aromatic heterocycles. The molecule has 1 fully saturated rings. The smallest absolute Gasteiger partial charge is 0.0155 e. The fourth-order valence-electron chi connectivity index (χ4n) is 0.882. The van der Waals surface area contributed by atoms with E-state index in [1.54, 1.807) is 0 Å². The molecule has 1 aliphatic rings. The lowest BCUT2D eigenvalue weighted by Gasteiger charge is -2.20. The Morgan fingerprint density at radius 2 is 2.62 bits per heavy atom. The molecule has 0 unspecified atom stereocenters. The number of hydrogen-bond donors (Lipinski definition) is 1. The Balaban J connectivity index is 2.13. The molecule has 0 radical (unpaired) electrons. The van der Waals surface area contributed by atoms with Crippen molar-refractivity contribution in [2.75, 3.05) is 18.1 Å². The molecular formula is C6H13NS. The lowest BCUT2D eigenvalue weighted by molar-refractivity contribution is 0.551. The predicted octanol–water partition coefficient (Wildman–Crippen LogP) is 1.10. The van der Waals surface area contributed by atoms with Gasteiger partial charge in [0.25, 0.3) is 0 Å². The zero-order valence-electron chi connectivity index (χ0n) is 5.31. The molecule has 0 saturated carbocycles. The maximum Gasteiger partial charge on any atom is 0.0155 e. The summed E-state index contributed by atoms with van der Waals surface area (Å²) in [4.78, 5) is 0. The summed E-state index contributed by atoms with van der Waals surface area (Å²) in [6.45, 7) is 3.45. The maximum absolute atomic E-state index is 3.45. The van der Waals surface area contributed by atoms with Gasteiger partial charge in [-0.3, -0.25) is 0 Å². The summed E-state index contributed by atoms with van der Waals surface area (Å²) in [7, 11) is 0. The highest BCUT2D eigenvalue weighted by Crippen LogP contribution is 2.08. The quantitative estimate of drug-likeness (QED) is 0.572. The van der Waals surface area contributed by atoms with Gasteiger partial charge in [0.15, 0.2) is 0 Å². The third kappa shape index (κ3) is 1.67. The Kier molecular flexibility index (Phi) is 2.70. The second-order valence-corrected chi connectivity index (χ2v) is 3.28. The zero-order valence-corrected chi connectivity index (χ0v) is 6.13. The fourth-order valence-corrected chi connectivity index (χ4v) is 1.95. The van der Waals surface area contributed by atoms with Crippen LogP contribution in [-0.4, -0.2) is 24.1 Å². The van der Waals surface area contributed by atoms with Gasteiger partial charge in [-0.2, -0.15) is 11.8 Å². The van der Waals surface area contributed by atoms with Gasteiger partial charge in [0.2, 0.25) is 0 Å². The first-order valence-corrected chi connectivity index (χ1v) is 4.40. The Hall–Kier alpha value is 0.310. The standard InChI is InChI=1S/C6H13NS/c1-2-6-5-8-4-3-7-6/h6-7H,2-5H2,1H3/t6-/m1/s1. The van der Waals surface area contributed by atoms with E-state index in [-0.39, 0.29) is 0 Å². The molecule has 48 valence electrons. The van der Waals surface area contributed by atoms with Crippen molar-refractivity contribution in [2.45, 2.75) is 19.4 Å². The van der Waals surface area contributed by atoms with Gasteiger partial charge in [-0.15, -0.1) is 0 Å². The van der Waals surface area contributed by atoms with Crippen molar-refractivity contribution in [1.29, 1.82) is 0 Å². The highest BCUT2D eigenvalue weighted by atomic mass is 32.2. The average Bonchev–Trinajstić information content (AvgIpc) is 1.90. The third-order valence-electron chi connectivity index (χ3n) is 1.49. The molecular weight excluding hydrogens is 118 g/mol. The topological polar surface area (TPSA) is 12.0 Å². The van der Waals surface area contributed by atoms with Gasteiger partial charge < -0.3 is 5.32 Å². The Morgan fingerprint density at radius 1 is 1.75 bits per heavy atom. The predicted molar refractivity (Wildman–Crippen MR) is 39.4 cm³/mol. The lowest BCUT2D eigenvalue weighted by atomic mass is 10.2. The van der Waals surface area contributed by atoms with E-state index in [0.29, 0.717) is 0 Å². The molecule has 1 saturated heterocycles. The van der Waals surface area contributed by atoms with E-state index in [0.717, 1.165) is 6.04 Å². The van der Waals surface area contributed by atoms with Gasteiger partial charge in [-0.05, 0) is 6.42 Å².